The summed E-state index contributed by atoms with van der Waals surface area (Å²) in [7, 11) is 0. The molecule has 1 saturated carbocycles. The van der Waals surface area contributed by atoms with E-state index in [0.717, 1.165) is 58.4 Å². The van der Waals surface area contributed by atoms with E-state index in [2.05, 4.69) is 14.7 Å². The molecule has 0 radical (unpaired) electrons. The molecule has 0 spiro atoms. The minimum atomic E-state index is 0.125. The van der Waals surface area contributed by atoms with E-state index in [1.54, 1.807) is 0 Å². The first-order valence-corrected chi connectivity index (χ1v) is 11.3. The van der Waals surface area contributed by atoms with E-state index in [1.165, 1.54) is 38.9 Å². The molecule has 1 amide bonds. The number of ketones is 1. The molecule has 0 aromatic heterocycles. The Bertz CT molecular complexity index is 486. The highest BCUT2D eigenvalue weighted by atomic mass is 16.2. The van der Waals surface area contributed by atoms with E-state index >= 15 is 0 Å². The van der Waals surface area contributed by atoms with Gasteiger partial charge in [-0.25, -0.2) is 0 Å². The highest BCUT2D eigenvalue weighted by Crippen LogP contribution is 2.32. The molecule has 1 aliphatic carbocycles. The monoisotopic (exact) mass is 377 g/mol. The Morgan fingerprint density at radius 3 is 1.81 bits per heavy atom. The molecule has 154 valence electrons. The fourth-order valence-electron chi connectivity index (χ4n) is 5.01. The van der Waals surface area contributed by atoms with Crippen LogP contribution in [-0.2, 0) is 9.59 Å². The maximum Gasteiger partial charge on any atom is 0.225 e. The van der Waals surface area contributed by atoms with Crippen molar-refractivity contribution < 1.29 is 9.59 Å². The molecule has 5 heteroatoms. The lowest BCUT2D eigenvalue weighted by atomic mass is 9.77. The van der Waals surface area contributed by atoms with Crippen LogP contribution in [0.2, 0.25) is 0 Å². The molecular formula is C22H39N3O2. The van der Waals surface area contributed by atoms with Gasteiger partial charge in [0, 0.05) is 57.0 Å². The lowest BCUT2D eigenvalue weighted by molar-refractivity contribution is -0.140. The third-order valence-corrected chi connectivity index (χ3v) is 6.91. The molecule has 0 N–H and O–H groups in total. The van der Waals surface area contributed by atoms with E-state index in [4.69, 9.17) is 0 Å². The lowest BCUT2D eigenvalue weighted by Crippen LogP contribution is -2.52. The van der Waals surface area contributed by atoms with E-state index < -0.39 is 0 Å². The molecule has 0 unspecified atom stereocenters. The zero-order chi connectivity index (χ0) is 19.2. The van der Waals surface area contributed by atoms with Crippen molar-refractivity contribution in [1.82, 2.24) is 14.7 Å². The second-order valence-corrected chi connectivity index (χ2v) is 9.17. The minimum absolute atomic E-state index is 0.125. The van der Waals surface area contributed by atoms with E-state index in [9.17, 15) is 9.59 Å². The van der Waals surface area contributed by atoms with Crippen molar-refractivity contribution in [2.24, 2.45) is 17.8 Å². The fraction of sp³-hybridized carbons (Fsp3) is 0.909. The molecule has 3 fully saturated rings. The number of Topliss-reactive ketones (excluding diaryl/α,β-unsaturated/α-hetero) is 1. The third-order valence-electron chi connectivity index (χ3n) is 6.91. The maximum absolute atomic E-state index is 12.9. The van der Waals surface area contributed by atoms with Crippen LogP contribution in [0, 0.1) is 17.8 Å². The summed E-state index contributed by atoms with van der Waals surface area (Å²) in [6.07, 6.45) is 7.71. The van der Waals surface area contributed by atoms with Gasteiger partial charge in [0.2, 0.25) is 5.91 Å². The zero-order valence-corrected chi connectivity index (χ0v) is 17.5. The van der Waals surface area contributed by atoms with Gasteiger partial charge in [0.25, 0.3) is 0 Å². The predicted octanol–water partition coefficient (Wildman–Crippen LogP) is 2.65. The quantitative estimate of drug-likeness (QED) is 0.714. The molecule has 0 aromatic rings. The maximum atomic E-state index is 12.9. The first kappa shape index (κ1) is 20.8. The lowest BCUT2D eigenvalue weighted by Gasteiger charge is -2.38. The van der Waals surface area contributed by atoms with Crippen molar-refractivity contribution in [1.29, 1.82) is 0 Å². The van der Waals surface area contributed by atoms with Crippen LogP contribution in [0.25, 0.3) is 0 Å². The topological polar surface area (TPSA) is 43.9 Å². The highest BCUT2D eigenvalue weighted by Gasteiger charge is 2.33. The van der Waals surface area contributed by atoms with Crippen molar-refractivity contribution in [2.75, 3.05) is 52.4 Å². The second-order valence-electron chi connectivity index (χ2n) is 9.17. The Hall–Kier alpha value is -0.940. The van der Waals surface area contributed by atoms with Crippen molar-refractivity contribution in [2.45, 2.75) is 58.8 Å². The molecule has 2 heterocycles. The van der Waals surface area contributed by atoms with Gasteiger partial charge in [-0.1, -0.05) is 20.3 Å². The standard InChI is InChI=1S/C22H39N3O2/c1-18(2)21(26)19-6-8-20(9-7-19)22(27)25-16-14-24(15-17-25)13-12-23-10-4-3-5-11-23/h18-20H,3-17H2,1-2H3/t19-,20-. The van der Waals surface area contributed by atoms with Gasteiger partial charge >= 0.3 is 0 Å². The average Bonchev–Trinajstić information content (AvgIpc) is 2.72. The van der Waals surface area contributed by atoms with Crippen molar-refractivity contribution in [3.8, 4) is 0 Å². The minimum Gasteiger partial charge on any atom is -0.340 e. The van der Waals surface area contributed by atoms with Gasteiger partial charge in [0.15, 0.2) is 0 Å². The van der Waals surface area contributed by atoms with Crippen molar-refractivity contribution in [3.05, 3.63) is 0 Å². The molecule has 3 aliphatic rings. The summed E-state index contributed by atoms with van der Waals surface area (Å²) >= 11 is 0. The Labute approximate surface area is 165 Å². The number of piperazine rings is 1. The summed E-state index contributed by atoms with van der Waals surface area (Å²) in [6, 6.07) is 0. The van der Waals surface area contributed by atoms with E-state index in [1.807, 2.05) is 13.8 Å². The Kier molecular flexibility index (Phi) is 7.71. The van der Waals surface area contributed by atoms with Crippen molar-refractivity contribution in [3.63, 3.8) is 0 Å². The van der Waals surface area contributed by atoms with Gasteiger partial charge in [-0.3, -0.25) is 14.5 Å². The second kappa shape index (κ2) is 10.0. The number of carbonyl (C=O) groups is 2. The Balaban J connectivity index is 1.35. The van der Waals surface area contributed by atoms with Crippen LogP contribution < -0.4 is 0 Å². The number of likely N-dealkylation sites (tertiary alicyclic amines) is 1. The Morgan fingerprint density at radius 2 is 1.26 bits per heavy atom. The number of nitrogens with zero attached hydrogens (tertiary/aromatic N) is 3. The summed E-state index contributed by atoms with van der Waals surface area (Å²) < 4.78 is 0. The molecule has 5 nitrogen and oxygen atoms in total. The SMILES string of the molecule is CC(C)C(=O)[C@H]1CC[C@H](C(=O)N2CCN(CCN3CCCCC3)CC2)CC1. The number of hydrogen-bond donors (Lipinski definition) is 0. The van der Waals surface area contributed by atoms with Gasteiger partial charge in [0.1, 0.15) is 5.78 Å². The number of amides is 1. The largest absolute Gasteiger partial charge is 0.340 e. The summed E-state index contributed by atoms with van der Waals surface area (Å²) in [5.41, 5.74) is 0. The summed E-state index contributed by atoms with van der Waals surface area (Å²) in [6.45, 7) is 12.6. The first-order chi connectivity index (χ1) is 13.0. The van der Waals surface area contributed by atoms with Crippen molar-refractivity contribution >= 4 is 11.7 Å². The number of rotatable bonds is 6. The smallest absolute Gasteiger partial charge is 0.225 e. The molecule has 27 heavy (non-hydrogen) atoms. The highest BCUT2D eigenvalue weighted by molar-refractivity contribution is 5.83. The van der Waals surface area contributed by atoms with E-state index in [0.29, 0.717) is 11.7 Å². The van der Waals surface area contributed by atoms with Crippen LogP contribution in [0.4, 0.5) is 0 Å². The van der Waals surface area contributed by atoms with E-state index in [-0.39, 0.29) is 17.8 Å². The number of piperidine rings is 1. The molecule has 0 aromatic carbocycles. The van der Waals surface area contributed by atoms with Crippen LogP contribution in [0.5, 0.6) is 0 Å². The summed E-state index contributed by atoms with van der Waals surface area (Å²) in [4.78, 5) is 32.3. The van der Waals surface area contributed by atoms with Crippen LogP contribution >= 0.6 is 0 Å². The predicted molar refractivity (Wildman–Crippen MR) is 109 cm³/mol. The van der Waals surface area contributed by atoms with Gasteiger partial charge in [0.05, 0.1) is 0 Å². The molecule has 2 saturated heterocycles. The average molecular weight is 378 g/mol. The molecule has 0 bridgehead atoms. The number of carbonyl (C=O) groups excluding carboxylic acids is 2. The van der Waals surface area contributed by atoms with Crippen LogP contribution in [0.1, 0.15) is 58.8 Å². The fourth-order valence-corrected chi connectivity index (χ4v) is 5.01. The molecule has 2 aliphatic heterocycles. The zero-order valence-electron chi connectivity index (χ0n) is 17.5. The van der Waals surface area contributed by atoms with Gasteiger partial charge < -0.3 is 9.80 Å². The normalized spacial score (nSPS) is 28.5. The van der Waals surface area contributed by atoms with Gasteiger partial charge in [-0.05, 0) is 51.6 Å². The summed E-state index contributed by atoms with van der Waals surface area (Å²) in [5, 5.41) is 0. The third kappa shape index (κ3) is 5.77. The Morgan fingerprint density at radius 1 is 0.741 bits per heavy atom. The van der Waals surface area contributed by atoms with Crippen LogP contribution in [0.15, 0.2) is 0 Å². The molecule has 3 rings (SSSR count). The molecule has 0 atom stereocenters. The molecular weight excluding hydrogens is 338 g/mol. The van der Waals surface area contributed by atoms with Crippen LogP contribution in [0.3, 0.4) is 0 Å². The van der Waals surface area contributed by atoms with Crippen LogP contribution in [-0.4, -0.2) is 78.7 Å². The van der Waals surface area contributed by atoms with Gasteiger partial charge in [-0.2, -0.15) is 0 Å². The van der Waals surface area contributed by atoms with Gasteiger partial charge in [-0.15, -0.1) is 0 Å². The summed E-state index contributed by atoms with van der Waals surface area (Å²) in [5.74, 6) is 1.21. The number of hydrogen-bond acceptors (Lipinski definition) is 4. The first-order valence-electron chi connectivity index (χ1n) is 11.3.